The molecule has 0 saturated carbocycles. The summed E-state index contributed by atoms with van der Waals surface area (Å²) in [6, 6.07) is 7.31. The minimum absolute atomic E-state index is 0.475. The Labute approximate surface area is 95.7 Å². The van der Waals surface area contributed by atoms with Gasteiger partial charge in [0.05, 0.1) is 0 Å². The Morgan fingerprint density at radius 3 is 2.44 bits per heavy atom. The summed E-state index contributed by atoms with van der Waals surface area (Å²) in [5.74, 6) is 0. The molecule has 1 aromatic rings. The highest BCUT2D eigenvalue weighted by atomic mass is 16.4. The van der Waals surface area contributed by atoms with E-state index in [1.54, 1.807) is 12.1 Å². The van der Waals surface area contributed by atoms with E-state index < -0.39 is 6.09 Å². The molecule has 1 aromatic carbocycles. The fourth-order valence-corrected chi connectivity index (χ4v) is 1.46. The van der Waals surface area contributed by atoms with Crippen molar-refractivity contribution in [1.82, 2.24) is 0 Å². The van der Waals surface area contributed by atoms with Crippen LogP contribution < -0.4 is 10.6 Å². The highest BCUT2D eigenvalue weighted by Crippen LogP contribution is 2.16. The summed E-state index contributed by atoms with van der Waals surface area (Å²) >= 11 is 0. The third kappa shape index (κ3) is 3.24. The lowest BCUT2D eigenvalue weighted by Crippen LogP contribution is -2.30. The molecule has 0 spiro atoms. The lowest BCUT2D eigenvalue weighted by atomic mass is 10.2. The van der Waals surface area contributed by atoms with Gasteiger partial charge in [-0.05, 0) is 24.1 Å². The molecular weight excluding hydrogens is 204 g/mol. The maximum Gasteiger partial charge on any atom is 0.411 e. The number of benzene rings is 1. The number of unbranched alkanes of at least 4 members (excludes halogenated alkanes) is 1. The molecule has 0 aliphatic rings. The van der Waals surface area contributed by atoms with E-state index in [9.17, 15) is 4.79 Å². The average molecular weight is 222 g/mol. The molecular formula is C12H18N2O2. The van der Waals surface area contributed by atoms with Gasteiger partial charge in [0.1, 0.15) is 0 Å². The molecule has 0 saturated heterocycles. The smallest absolute Gasteiger partial charge is 0.411 e. The SMILES string of the molecule is CCCCN(C(=O)O)c1ccc(CN)cc1. The van der Waals surface area contributed by atoms with E-state index in [4.69, 9.17) is 10.8 Å². The van der Waals surface area contributed by atoms with Crippen molar-refractivity contribution in [3.05, 3.63) is 29.8 Å². The number of amides is 1. The van der Waals surface area contributed by atoms with Gasteiger partial charge < -0.3 is 10.8 Å². The molecule has 1 amide bonds. The van der Waals surface area contributed by atoms with Gasteiger partial charge in [-0.25, -0.2) is 4.79 Å². The first-order chi connectivity index (χ1) is 7.69. The van der Waals surface area contributed by atoms with Crippen LogP contribution in [0.2, 0.25) is 0 Å². The second-order valence-electron chi connectivity index (χ2n) is 3.66. The van der Waals surface area contributed by atoms with Crippen LogP contribution in [0.4, 0.5) is 10.5 Å². The summed E-state index contributed by atoms with van der Waals surface area (Å²) in [6.07, 6.45) is 0.934. The average Bonchev–Trinajstić information content (AvgIpc) is 2.30. The van der Waals surface area contributed by atoms with E-state index in [0.717, 1.165) is 18.4 Å². The van der Waals surface area contributed by atoms with Gasteiger partial charge in [0.25, 0.3) is 0 Å². The zero-order valence-corrected chi connectivity index (χ0v) is 9.52. The van der Waals surface area contributed by atoms with Gasteiger partial charge in [-0.15, -0.1) is 0 Å². The Bertz CT molecular complexity index is 335. The van der Waals surface area contributed by atoms with Gasteiger partial charge >= 0.3 is 6.09 Å². The molecule has 0 aliphatic carbocycles. The predicted octanol–water partition coefficient (Wildman–Crippen LogP) is 2.43. The minimum Gasteiger partial charge on any atom is -0.465 e. The lowest BCUT2D eigenvalue weighted by molar-refractivity contribution is 0.201. The van der Waals surface area contributed by atoms with Crippen molar-refractivity contribution >= 4 is 11.8 Å². The second-order valence-corrected chi connectivity index (χ2v) is 3.66. The van der Waals surface area contributed by atoms with Gasteiger partial charge in [0.2, 0.25) is 0 Å². The third-order valence-electron chi connectivity index (χ3n) is 2.45. The van der Waals surface area contributed by atoms with Gasteiger partial charge in [-0.3, -0.25) is 4.90 Å². The molecule has 3 N–H and O–H groups in total. The van der Waals surface area contributed by atoms with E-state index >= 15 is 0 Å². The Hall–Kier alpha value is -1.55. The quantitative estimate of drug-likeness (QED) is 0.804. The number of hydrogen-bond acceptors (Lipinski definition) is 2. The Morgan fingerprint density at radius 2 is 2.00 bits per heavy atom. The van der Waals surface area contributed by atoms with Crippen LogP contribution in [-0.4, -0.2) is 17.7 Å². The molecule has 0 aromatic heterocycles. The fourth-order valence-electron chi connectivity index (χ4n) is 1.46. The van der Waals surface area contributed by atoms with Crippen molar-refractivity contribution in [3.8, 4) is 0 Å². The van der Waals surface area contributed by atoms with Crippen LogP contribution >= 0.6 is 0 Å². The molecule has 0 radical (unpaired) electrons. The standard InChI is InChI=1S/C12H18N2O2/c1-2-3-8-14(12(15)16)11-6-4-10(9-13)5-7-11/h4-7H,2-3,8-9,13H2,1H3,(H,15,16). The van der Waals surface area contributed by atoms with Crippen molar-refractivity contribution in [2.24, 2.45) is 5.73 Å². The van der Waals surface area contributed by atoms with Crippen LogP contribution in [0.1, 0.15) is 25.3 Å². The molecule has 4 nitrogen and oxygen atoms in total. The Morgan fingerprint density at radius 1 is 1.38 bits per heavy atom. The van der Waals surface area contributed by atoms with E-state index in [2.05, 4.69) is 0 Å². The molecule has 0 bridgehead atoms. The molecule has 4 heteroatoms. The number of anilines is 1. The normalized spacial score (nSPS) is 10.1. The highest BCUT2D eigenvalue weighted by Gasteiger charge is 2.12. The van der Waals surface area contributed by atoms with Gasteiger partial charge in [0, 0.05) is 18.8 Å². The highest BCUT2D eigenvalue weighted by molar-refractivity contribution is 5.85. The van der Waals surface area contributed by atoms with Gasteiger partial charge in [-0.1, -0.05) is 25.5 Å². The first-order valence-corrected chi connectivity index (χ1v) is 5.48. The number of carboxylic acid groups (broad SMARTS) is 1. The zero-order valence-electron chi connectivity index (χ0n) is 9.52. The van der Waals surface area contributed by atoms with Crippen LogP contribution in [0, 0.1) is 0 Å². The van der Waals surface area contributed by atoms with Gasteiger partial charge in [-0.2, -0.15) is 0 Å². The minimum atomic E-state index is -0.908. The van der Waals surface area contributed by atoms with E-state index in [-0.39, 0.29) is 0 Å². The molecule has 0 aliphatic heterocycles. The molecule has 1 rings (SSSR count). The van der Waals surface area contributed by atoms with Crippen LogP contribution in [0.5, 0.6) is 0 Å². The Balaban J connectivity index is 2.79. The second kappa shape index (κ2) is 6.12. The summed E-state index contributed by atoms with van der Waals surface area (Å²) in [4.78, 5) is 12.4. The van der Waals surface area contributed by atoms with E-state index in [1.165, 1.54) is 4.90 Å². The van der Waals surface area contributed by atoms with Gasteiger partial charge in [0.15, 0.2) is 0 Å². The number of rotatable bonds is 5. The summed E-state index contributed by atoms with van der Waals surface area (Å²) < 4.78 is 0. The van der Waals surface area contributed by atoms with Crippen LogP contribution in [-0.2, 0) is 6.54 Å². The molecule has 0 fully saturated rings. The maximum absolute atomic E-state index is 11.1. The van der Waals surface area contributed by atoms with Crippen LogP contribution in [0.15, 0.2) is 24.3 Å². The monoisotopic (exact) mass is 222 g/mol. The third-order valence-corrected chi connectivity index (χ3v) is 2.45. The molecule has 88 valence electrons. The van der Waals surface area contributed by atoms with Crippen molar-refractivity contribution in [2.75, 3.05) is 11.4 Å². The number of carbonyl (C=O) groups is 1. The maximum atomic E-state index is 11.1. The first-order valence-electron chi connectivity index (χ1n) is 5.48. The number of nitrogens with zero attached hydrogens (tertiary/aromatic N) is 1. The lowest BCUT2D eigenvalue weighted by Gasteiger charge is -2.19. The van der Waals surface area contributed by atoms with Crippen molar-refractivity contribution in [1.29, 1.82) is 0 Å². The number of hydrogen-bond donors (Lipinski definition) is 2. The molecule has 0 unspecified atom stereocenters. The van der Waals surface area contributed by atoms with E-state index in [0.29, 0.717) is 18.8 Å². The van der Waals surface area contributed by atoms with Crippen LogP contribution in [0.3, 0.4) is 0 Å². The summed E-state index contributed by atoms with van der Waals surface area (Å²) in [6.45, 7) is 3.05. The van der Waals surface area contributed by atoms with Crippen LogP contribution in [0.25, 0.3) is 0 Å². The Kier molecular flexibility index (Phi) is 4.79. The number of nitrogens with two attached hydrogens (primary N) is 1. The van der Waals surface area contributed by atoms with Crippen molar-refractivity contribution < 1.29 is 9.90 Å². The molecule has 0 heterocycles. The topological polar surface area (TPSA) is 66.6 Å². The first kappa shape index (κ1) is 12.5. The predicted molar refractivity (Wildman–Crippen MR) is 64.6 cm³/mol. The molecule has 16 heavy (non-hydrogen) atoms. The van der Waals surface area contributed by atoms with Crippen molar-refractivity contribution in [2.45, 2.75) is 26.3 Å². The summed E-state index contributed by atoms with van der Waals surface area (Å²) in [5, 5.41) is 9.08. The zero-order chi connectivity index (χ0) is 12.0. The largest absolute Gasteiger partial charge is 0.465 e. The summed E-state index contributed by atoms with van der Waals surface area (Å²) in [7, 11) is 0. The molecule has 0 atom stereocenters. The van der Waals surface area contributed by atoms with Crippen molar-refractivity contribution in [3.63, 3.8) is 0 Å². The fraction of sp³-hybridized carbons (Fsp3) is 0.417. The summed E-state index contributed by atoms with van der Waals surface area (Å²) in [5.41, 5.74) is 7.20. The van der Waals surface area contributed by atoms with E-state index in [1.807, 2.05) is 19.1 Å².